The van der Waals surface area contributed by atoms with Gasteiger partial charge >= 0.3 is 0 Å². The zero-order valence-electron chi connectivity index (χ0n) is 11.0. The number of hydrogen-bond donors (Lipinski definition) is 0. The molecule has 0 aliphatic heterocycles. The van der Waals surface area contributed by atoms with Crippen molar-refractivity contribution in [1.82, 2.24) is 4.57 Å². The third kappa shape index (κ3) is 2.11. The zero-order valence-corrected chi connectivity index (χ0v) is 11.8. The Kier molecular flexibility index (Phi) is 3.63. The molecule has 0 N–H and O–H groups in total. The molecule has 18 heavy (non-hydrogen) atoms. The highest BCUT2D eigenvalue weighted by molar-refractivity contribution is 6.32. The molecular weight excluding hydrogens is 244 g/mol. The second-order valence-corrected chi connectivity index (χ2v) is 5.35. The van der Waals surface area contributed by atoms with E-state index in [4.69, 9.17) is 11.6 Å². The molecule has 0 aliphatic rings. The van der Waals surface area contributed by atoms with Gasteiger partial charge in [-0.3, -0.25) is 0 Å². The predicted molar refractivity (Wildman–Crippen MR) is 75.9 cm³/mol. The Hall–Kier alpha value is -1.46. The Morgan fingerprint density at radius 2 is 2.11 bits per heavy atom. The quantitative estimate of drug-likeness (QED) is 0.805. The molecule has 0 saturated carbocycles. The largest absolute Gasteiger partial charge is 0.330 e. The van der Waals surface area contributed by atoms with Gasteiger partial charge in [0.2, 0.25) is 0 Å². The first-order chi connectivity index (χ1) is 8.58. The van der Waals surface area contributed by atoms with Crippen molar-refractivity contribution in [3.8, 4) is 6.07 Å². The van der Waals surface area contributed by atoms with Gasteiger partial charge in [-0.05, 0) is 30.0 Å². The number of nitrogens with zero attached hydrogens (tertiary/aromatic N) is 2. The Morgan fingerprint density at radius 1 is 1.39 bits per heavy atom. The summed E-state index contributed by atoms with van der Waals surface area (Å²) in [5, 5.41) is 10.8. The summed E-state index contributed by atoms with van der Waals surface area (Å²) < 4.78 is 2.04. The Morgan fingerprint density at radius 3 is 2.67 bits per heavy atom. The van der Waals surface area contributed by atoms with Crippen molar-refractivity contribution in [3.63, 3.8) is 0 Å². The maximum Gasteiger partial charge on any atom is 0.128 e. The maximum absolute atomic E-state index is 9.28. The summed E-state index contributed by atoms with van der Waals surface area (Å²) in [7, 11) is 0. The second kappa shape index (κ2) is 5.04. The summed E-state index contributed by atoms with van der Waals surface area (Å²) in [4.78, 5) is 0. The fourth-order valence-electron chi connectivity index (χ4n) is 2.24. The van der Waals surface area contributed by atoms with Gasteiger partial charge in [-0.2, -0.15) is 5.26 Å². The van der Waals surface area contributed by atoms with Crippen LogP contribution >= 0.6 is 11.6 Å². The molecule has 1 aromatic carbocycles. The van der Waals surface area contributed by atoms with Crippen molar-refractivity contribution in [2.24, 2.45) is 5.92 Å². The van der Waals surface area contributed by atoms with Crippen molar-refractivity contribution in [2.75, 3.05) is 0 Å². The molecule has 3 heteroatoms. The van der Waals surface area contributed by atoms with Crippen LogP contribution in [0.3, 0.4) is 0 Å². The SMILES string of the molecule is CCc1ccc2c(c1)c(C#N)c(Cl)n2CC(C)C. The topological polar surface area (TPSA) is 28.7 Å². The molecule has 0 bridgehead atoms. The highest BCUT2D eigenvalue weighted by Crippen LogP contribution is 2.31. The average Bonchev–Trinajstić information content (AvgIpc) is 2.61. The number of nitriles is 1. The van der Waals surface area contributed by atoms with Crippen LogP contribution in [0.25, 0.3) is 10.9 Å². The molecule has 0 saturated heterocycles. The predicted octanol–water partition coefficient (Wildman–Crippen LogP) is 4.38. The van der Waals surface area contributed by atoms with Gasteiger partial charge in [-0.15, -0.1) is 0 Å². The van der Waals surface area contributed by atoms with Crippen LogP contribution in [-0.2, 0) is 13.0 Å². The van der Waals surface area contributed by atoms with E-state index >= 15 is 0 Å². The monoisotopic (exact) mass is 260 g/mol. The lowest BCUT2D eigenvalue weighted by molar-refractivity contribution is 0.535. The van der Waals surface area contributed by atoms with Crippen LogP contribution in [0.4, 0.5) is 0 Å². The van der Waals surface area contributed by atoms with Gasteiger partial charge in [-0.1, -0.05) is 38.4 Å². The molecule has 1 aromatic heterocycles. The number of aryl methyl sites for hydroxylation is 1. The van der Waals surface area contributed by atoms with Crippen LogP contribution in [0.2, 0.25) is 5.15 Å². The third-order valence-electron chi connectivity index (χ3n) is 3.13. The van der Waals surface area contributed by atoms with E-state index in [0.717, 1.165) is 23.9 Å². The smallest absolute Gasteiger partial charge is 0.128 e. The third-order valence-corrected chi connectivity index (χ3v) is 3.53. The molecule has 0 aliphatic carbocycles. The fourth-order valence-corrected chi connectivity index (χ4v) is 2.54. The van der Waals surface area contributed by atoms with Crippen molar-refractivity contribution in [1.29, 1.82) is 5.26 Å². The molecule has 0 amide bonds. The van der Waals surface area contributed by atoms with Crippen molar-refractivity contribution < 1.29 is 0 Å². The van der Waals surface area contributed by atoms with E-state index in [1.165, 1.54) is 5.56 Å². The summed E-state index contributed by atoms with van der Waals surface area (Å²) in [6.45, 7) is 7.24. The summed E-state index contributed by atoms with van der Waals surface area (Å²) >= 11 is 6.33. The van der Waals surface area contributed by atoms with Gasteiger partial charge in [0.15, 0.2) is 0 Å². The number of halogens is 1. The van der Waals surface area contributed by atoms with Gasteiger partial charge in [0.25, 0.3) is 0 Å². The van der Waals surface area contributed by atoms with Gasteiger partial charge in [0.1, 0.15) is 11.2 Å². The van der Waals surface area contributed by atoms with Crippen LogP contribution in [0.15, 0.2) is 18.2 Å². The van der Waals surface area contributed by atoms with Crippen molar-refractivity contribution >= 4 is 22.5 Å². The standard InChI is InChI=1S/C15H17ClN2/c1-4-11-5-6-14-12(7-11)13(8-17)15(16)18(14)9-10(2)3/h5-7,10H,4,9H2,1-3H3. The van der Waals surface area contributed by atoms with Crippen LogP contribution in [-0.4, -0.2) is 4.57 Å². The molecule has 2 aromatic rings. The van der Waals surface area contributed by atoms with Crippen LogP contribution in [0.5, 0.6) is 0 Å². The van der Waals surface area contributed by atoms with Gasteiger partial charge in [0.05, 0.1) is 11.1 Å². The van der Waals surface area contributed by atoms with E-state index in [9.17, 15) is 5.26 Å². The first-order valence-electron chi connectivity index (χ1n) is 6.29. The summed E-state index contributed by atoms with van der Waals surface area (Å²) in [6.07, 6.45) is 0.966. The average molecular weight is 261 g/mol. The first kappa shape index (κ1) is 13.0. The summed E-state index contributed by atoms with van der Waals surface area (Å²) in [5.41, 5.74) is 2.89. The summed E-state index contributed by atoms with van der Waals surface area (Å²) in [6, 6.07) is 8.49. The lowest BCUT2D eigenvalue weighted by atomic mass is 10.1. The normalized spacial score (nSPS) is 11.1. The number of aromatic nitrogens is 1. The molecule has 0 radical (unpaired) electrons. The second-order valence-electron chi connectivity index (χ2n) is 4.99. The number of hydrogen-bond acceptors (Lipinski definition) is 1. The molecular formula is C15H17ClN2. The molecule has 0 spiro atoms. The molecule has 94 valence electrons. The Bertz CT molecular complexity index is 617. The summed E-state index contributed by atoms with van der Waals surface area (Å²) in [5.74, 6) is 0.496. The maximum atomic E-state index is 9.28. The van der Waals surface area contributed by atoms with E-state index in [1.807, 2.05) is 4.57 Å². The van der Waals surface area contributed by atoms with E-state index in [-0.39, 0.29) is 0 Å². The fraction of sp³-hybridized carbons (Fsp3) is 0.400. The zero-order chi connectivity index (χ0) is 13.3. The first-order valence-corrected chi connectivity index (χ1v) is 6.67. The highest BCUT2D eigenvalue weighted by atomic mass is 35.5. The minimum absolute atomic E-state index is 0.496. The molecule has 2 rings (SSSR count). The van der Waals surface area contributed by atoms with Crippen molar-refractivity contribution in [3.05, 3.63) is 34.5 Å². The van der Waals surface area contributed by atoms with Gasteiger partial charge < -0.3 is 4.57 Å². The van der Waals surface area contributed by atoms with E-state index < -0.39 is 0 Å². The lowest BCUT2D eigenvalue weighted by Crippen LogP contribution is -2.04. The Balaban J connectivity index is 2.72. The van der Waals surface area contributed by atoms with Crippen molar-refractivity contribution in [2.45, 2.75) is 33.7 Å². The number of rotatable bonds is 3. The molecule has 1 heterocycles. The molecule has 0 fully saturated rings. The Labute approximate surface area is 113 Å². The molecule has 0 atom stereocenters. The lowest BCUT2D eigenvalue weighted by Gasteiger charge is -2.09. The van der Waals surface area contributed by atoms with Crippen LogP contribution < -0.4 is 0 Å². The molecule has 2 nitrogen and oxygen atoms in total. The number of fused-ring (bicyclic) bond motifs is 1. The highest BCUT2D eigenvalue weighted by Gasteiger charge is 2.16. The molecule has 0 unspecified atom stereocenters. The number of benzene rings is 1. The van der Waals surface area contributed by atoms with Gasteiger partial charge in [0, 0.05) is 11.9 Å². The van der Waals surface area contributed by atoms with Crippen LogP contribution in [0.1, 0.15) is 31.9 Å². The van der Waals surface area contributed by atoms with E-state index in [0.29, 0.717) is 16.6 Å². The van der Waals surface area contributed by atoms with E-state index in [2.05, 4.69) is 45.0 Å². The minimum Gasteiger partial charge on any atom is -0.330 e. The minimum atomic E-state index is 0.496. The van der Waals surface area contributed by atoms with Gasteiger partial charge in [-0.25, -0.2) is 0 Å². The van der Waals surface area contributed by atoms with Crippen LogP contribution in [0, 0.1) is 17.2 Å². The van der Waals surface area contributed by atoms with E-state index in [1.54, 1.807) is 0 Å².